The van der Waals surface area contributed by atoms with Crippen LogP contribution >= 0.6 is 23.1 Å². The van der Waals surface area contributed by atoms with Crippen LogP contribution in [0.15, 0.2) is 58.5 Å². The average Bonchev–Trinajstić information content (AvgIpc) is 3.09. The summed E-state index contributed by atoms with van der Waals surface area (Å²) in [6, 6.07) is 14.0. The maximum Gasteiger partial charge on any atom is 0.267 e. The van der Waals surface area contributed by atoms with Crippen LogP contribution in [0.3, 0.4) is 0 Å². The molecular weight excluding hydrogens is 407 g/mol. The summed E-state index contributed by atoms with van der Waals surface area (Å²) in [6.07, 6.45) is 0. The maximum absolute atomic E-state index is 14.6. The van der Waals surface area contributed by atoms with E-state index in [1.807, 2.05) is 38.1 Å². The number of nitrogens with zero attached hydrogens (tertiary/aromatic N) is 2. The molecule has 148 valence electrons. The monoisotopic (exact) mass is 426 g/mol. The van der Waals surface area contributed by atoms with Crippen LogP contribution in [0.1, 0.15) is 16.0 Å². The molecule has 0 aliphatic carbocycles. The molecule has 4 rings (SSSR count). The first kappa shape index (κ1) is 19.7. The lowest BCUT2D eigenvalue weighted by molar-refractivity contribution is 0.411. The van der Waals surface area contributed by atoms with Crippen molar-refractivity contribution in [2.45, 2.75) is 24.8 Å². The predicted octanol–water partition coefficient (Wildman–Crippen LogP) is 5.50. The zero-order valence-electron chi connectivity index (χ0n) is 16.2. The SMILES string of the molecule is COc1cccc(CSc2nc3sc(C)cc3c(=O)n2-c2ccccc2F)c1C. The van der Waals surface area contributed by atoms with Crippen LogP contribution in [0, 0.1) is 19.7 Å². The van der Waals surface area contributed by atoms with E-state index in [0.29, 0.717) is 21.1 Å². The highest BCUT2D eigenvalue weighted by Gasteiger charge is 2.18. The number of thiophene rings is 1. The number of rotatable bonds is 5. The third-order valence-electron chi connectivity index (χ3n) is 4.72. The molecule has 0 aliphatic heterocycles. The van der Waals surface area contributed by atoms with Crippen LogP contribution in [-0.2, 0) is 5.75 Å². The van der Waals surface area contributed by atoms with Gasteiger partial charge in [0.25, 0.3) is 5.56 Å². The molecule has 0 saturated heterocycles. The Balaban J connectivity index is 1.84. The van der Waals surface area contributed by atoms with Gasteiger partial charge in [0, 0.05) is 10.6 Å². The van der Waals surface area contributed by atoms with Gasteiger partial charge < -0.3 is 4.74 Å². The minimum absolute atomic E-state index is 0.209. The Morgan fingerprint density at radius 2 is 1.97 bits per heavy atom. The molecular formula is C22H19FN2O2S2. The number of methoxy groups -OCH3 is 1. The minimum atomic E-state index is -0.456. The van der Waals surface area contributed by atoms with Gasteiger partial charge in [-0.3, -0.25) is 9.36 Å². The Hall–Kier alpha value is -2.64. The number of hydrogen-bond donors (Lipinski definition) is 0. The van der Waals surface area contributed by atoms with E-state index in [1.165, 1.54) is 33.7 Å². The van der Waals surface area contributed by atoms with Crippen molar-refractivity contribution >= 4 is 33.3 Å². The summed E-state index contributed by atoms with van der Waals surface area (Å²) in [5.41, 5.74) is 2.07. The van der Waals surface area contributed by atoms with Gasteiger partial charge in [0.05, 0.1) is 18.2 Å². The summed E-state index contributed by atoms with van der Waals surface area (Å²) in [5.74, 6) is 0.939. The van der Waals surface area contributed by atoms with E-state index >= 15 is 0 Å². The van der Waals surface area contributed by atoms with Crippen molar-refractivity contribution in [3.63, 3.8) is 0 Å². The Labute approximate surface area is 176 Å². The van der Waals surface area contributed by atoms with Gasteiger partial charge in [-0.05, 0) is 49.2 Å². The van der Waals surface area contributed by atoms with Crippen LogP contribution in [0.5, 0.6) is 5.75 Å². The molecule has 0 spiro atoms. The van der Waals surface area contributed by atoms with Crippen LogP contribution in [0.25, 0.3) is 15.9 Å². The van der Waals surface area contributed by atoms with Gasteiger partial charge in [-0.2, -0.15) is 0 Å². The molecule has 0 amide bonds. The van der Waals surface area contributed by atoms with Crippen LogP contribution in [0.4, 0.5) is 4.39 Å². The molecule has 0 saturated carbocycles. The Morgan fingerprint density at radius 1 is 1.17 bits per heavy atom. The van der Waals surface area contributed by atoms with Gasteiger partial charge in [-0.25, -0.2) is 9.37 Å². The van der Waals surface area contributed by atoms with E-state index in [9.17, 15) is 9.18 Å². The van der Waals surface area contributed by atoms with Gasteiger partial charge in [0.1, 0.15) is 16.4 Å². The zero-order chi connectivity index (χ0) is 20.5. The third kappa shape index (κ3) is 3.68. The molecule has 0 N–H and O–H groups in total. The predicted molar refractivity (Wildman–Crippen MR) is 117 cm³/mol. The summed E-state index contributed by atoms with van der Waals surface area (Å²) >= 11 is 2.88. The number of aromatic nitrogens is 2. The number of halogens is 1. The summed E-state index contributed by atoms with van der Waals surface area (Å²) in [6.45, 7) is 3.93. The summed E-state index contributed by atoms with van der Waals surface area (Å²) < 4.78 is 21.3. The Morgan fingerprint density at radius 3 is 2.72 bits per heavy atom. The molecule has 2 heterocycles. The lowest BCUT2D eigenvalue weighted by Gasteiger charge is -2.14. The van der Waals surface area contributed by atoms with Crippen molar-refractivity contribution in [2.24, 2.45) is 0 Å². The fourth-order valence-corrected chi connectivity index (χ4v) is 5.20. The highest BCUT2D eigenvalue weighted by Crippen LogP contribution is 2.31. The van der Waals surface area contributed by atoms with Crippen LogP contribution in [-0.4, -0.2) is 16.7 Å². The topological polar surface area (TPSA) is 44.1 Å². The van der Waals surface area contributed by atoms with Gasteiger partial charge in [0.15, 0.2) is 5.16 Å². The first-order valence-corrected chi connectivity index (χ1v) is 10.8. The van der Waals surface area contributed by atoms with Crippen molar-refractivity contribution in [2.75, 3.05) is 7.11 Å². The van der Waals surface area contributed by atoms with E-state index in [-0.39, 0.29) is 11.2 Å². The number of fused-ring (bicyclic) bond motifs is 1. The molecule has 2 aromatic carbocycles. The molecule has 0 bridgehead atoms. The molecule has 29 heavy (non-hydrogen) atoms. The normalized spacial score (nSPS) is 11.2. The van der Waals surface area contributed by atoms with Crippen molar-refractivity contribution in [1.29, 1.82) is 0 Å². The lowest BCUT2D eigenvalue weighted by Crippen LogP contribution is -2.22. The number of ether oxygens (including phenoxy) is 1. The van der Waals surface area contributed by atoms with E-state index in [2.05, 4.69) is 0 Å². The second-order valence-corrected chi connectivity index (χ2v) is 8.77. The molecule has 0 radical (unpaired) electrons. The zero-order valence-corrected chi connectivity index (χ0v) is 17.9. The molecule has 0 atom stereocenters. The van der Waals surface area contributed by atoms with Gasteiger partial charge in [-0.1, -0.05) is 36.0 Å². The first-order valence-electron chi connectivity index (χ1n) is 9.03. The maximum atomic E-state index is 14.6. The third-order valence-corrected chi connectivity index (χ3v) is 6.66. The second kappa shape index (κ2) is 8.00. The average molecular weight is 427 g/mol. The van der Waals surface area contributed by atoms with E-state index in [4.69, 9.17) is 9.72 Å². The van der Waals surface area contributed by atoms with E-state index in [1.54, 1.807) is 25.3 Å². The molecule has 4 nitrogen and oxygen atoms in total. The summed E-state index contributed by atoms with van der Waals surface area (Å²) in [5, 5.41) is 0.981. The van der Waals surface area contributed by atoms with Crippen LogP contribution in [0.2, 0.25) is 0 Å². The van der Waals surface area contributed by atoms with Crippen molar-refractivity contribution in [3.05, 3.63) is 80.7 Å². The molecule has 0 unspecified atom stereocenters. The number of hydrogen-bond acceptors (Lipinski definition) is 5. The number of aryl methyl sites for hydroxylation is 1. The summed E-state index contributed by atoms with van der Waals surface area (Å²) in [4.78, 5) is 19.6. The minimum Gasteiger partial charge on any atom is -0.496 e. The molecule has 0 aliphatic rings. The molecule has 7 heteroatoms. The van der Waals surface area contributed by atoms with Crippen molar-refractivity contribution in [3.8, 4) is 11.4 Å². The van der Waals surface area contributed by atoms with Gasteiger partial charge >= 0.3 is 0 Å². The Kier molecular flexibility index (Phi) is 5.43. The van der Waals surface area contributed by atoms with E-state index in [0.717, 1.165) is 21.8 Å². The number of benzene rings is 2. The van der Waals surface area contributed by atoms with Crippen molar-refractivity contribution < 1.29 is 9.13 Å². The summed E-state index contributed by atoms with van der Waals surface area (Å²) in [7, 11) is 1.64. The molecule has 4 aromatic rings. The Bertz CT molecular complexity index is 1260. The lowest BCUT2D eigenvalue weighted by atomic mass is 10.1. The van der Waals surface area contributed by atoms with Gasteiger partial charge in [-0.15, -0.1) is 11.3 Å². The van der Waals surface area contributed by atoms with Gasteiger partial charge in [0.2, 0.25) is 0 Å². The molecule has 2 aromatic heterocycles. The fraction of sp³-hybridized carbons (Fsp3) is 0.182. The first-order chi connectivity index (χ1) is 14.0. The highest BCUT2D eigenvalue weighted by molar-refractivity contribution is 7.98. The van der Waals surface area contributed by atoms with E-state index < -0.39 is 5.82 Å². The standard InChI is InChI=1S/C22H19FN2O2S2/c1-13-11-16-20(29-13)24-22(25(21(16)26)18-9-5-4-8-17(18)23)28-12-15-7-6-10-19(27-3)14(15)2/h4-11H,12H2,1-3H3. The fourth-order valence-electron chi connectivity index (χ4n) is 3.20. The van der Waals surface area contributed by atoms with Crippen LogP contribution < -0.4 is 10.3 Å². The van der Waals surface area contributed by atoms with Crippen molar-refractivity contribution in [1.82, 2.24) is 9.55 Å². The smallest absolute Gasteiger partial charge is 0.267 e. The number of para-hydroxylation sites is 1. The quantitative estimate of drug-likeness (QED) is 0.312. The highest BCUT2D eigenvalue weighted by atomic mass is 32.2. The molecule has 0 fully saturated rings. The number of thioether (sulfide) groups is 1. The second-order valence-electron chi connectivity index (χ2n) is 6.60. The largest absolute Gasteiger partial charge is 0.496 e.